The van der Waals surface area contributed by atoms with Gasteiger partial charge in [0.05, 0.1) is 0 Å². The highest BCUT2D eigenvalue weighted by molar-refractivity contribution is 7.80. The number of aryl methyl sites for hydroxylation is 2. The zero-order valence-electron chi connectivity index (χ0n) is 14.5. The monoisotopic (exact) mass is 318 g/mol. The van der Waals surface area contributed by atoms with Crippen LogP contribution in [0.4, 0.5) is 5.69 Å². The second kappa shape index (κ2) is 7.96. The molecule has 1 aliphatic carbocycles. The highest BCUT2D eigenvalue weighted by Gasteiger charge is 2.19. The van der Waals surface area contributed by atoms with Crippen molar-refractivity contribution in [3.63, 3.8) is 0 Å². The van der Waals surface area contributed by atoms with Crippen molar-refractivity contribution in [2.24, 2.45) is 5.92 Å². The first-order valence-corrected chi connectivity index (χ1v) is 9.16. The summed E-state index contributed by atoms with van der Waals surface area (Å²) >= 11 is 5.51. The fourth-order valence-electron chi connectivity index (χ4n) is 3.03. The zero-order valence-corrected chi connectivity index (χ0v) is 15.3. The van der Waals surface area contributed by atoms with E-state index in [1.165, 1.54) is 41.6 Å². The smallest absolute Gasteiger partial charge is 0.171 e. The van der Waals surface area contributed by atoms with Crippen molar-refractivity contribution >= 4 is 23.0 Å². The predicted molar refractivity (Wildman–Crippen MR) is 101 cm³/mol. The minimum atomic E-state index is 0.579. The van der Waals surface area contributed by atoms with Gasteiger partial charge in [-0.15, -0.1) is 0 Å². The van der Waals surface area contributed by atoms with Gasteiger partial charge in [0.2, 0.25) is 0 Å². The normalized spacial score (nSPS) is 14.8. The molecule has 122 valence electrons. The highest BCUT2D eigenvalue weighted by Crippen LogP contribution is 2.27. The number of nitrogens with one attached hydrogen (secondary N) is 2. The Morgan fingerprint density at radius 2 is 1.77 bits per heavy atom. The molecule has 0 heterocycles. The Morgan fingerprint density at radius 1 is 1.18 bits per heavy atom. The lowest BCUT2D eigenvalue weighted by atomic mass is 9.93. The van der Waals surface area contributed by atoms with Gasteiger partial charge in [0, 0.05) is 11.7 Å². The molecule has 2 N–H and O–H groups in total. The van der Waals surface area contributed by atoms with Gasteiger partial charge in [0.1, 0.15) is 0 Å². The Morgan fingerprint density at radius 3 is 2.18 bits per heavy atom. The second-order valence-electron chi connectivity index (χ2n) is 6.82. The maximum atomic E-state index is 5.51. The molecule has 3 heteroatoms. The molecule has 0 spiro atoms. The van der Waals surface area contributed by atoms with Crippen molar-refractivity contribution in [2.45, 2.75) is 72.3 Å². The van der Waals surface area contributed by atoms with Crippen LogP contribution in [-0.2, 0) is 19.3 Å². The fraction of sp³-hybridized carbons (Fsp3) is 0.632. The number of hydrogen-bond donors (Lipinski definition) is 2. The largest absolute Gasteiger partial charge is 0.360 e. The fourth-order valence-corrected chi connectivity index (χ4v) is 3.30. The molecule has 0 saturated heterocycles. The third-order valence-electron chi connectivity index (χ3n) is 4.45. The lowest BCUT2D eigenvalue weighted by Gasteiger charge is -2.28. The Labute approximate surface area is 141 Å². The van der Waals surface area contributed by atoms with E-state index in [-0.39, 0.29) is 0 Å². The molecular formula is C19H30N2S. The Hall–Kier alpha value is -1.09. The van der Waals surface area contributed by atoms with Crippen LogP contribution in [0.15, 0.2) is 12.1 Å². The van der Waals surface area contributed by atoms with Crippen molar-refractivity contribution in [1.29, 1.82) is 0 Å². The molecule has 22 heavy (non-hydrogen) atoms. The van der Waals surface area contributed by atoms with Gasteiger partial charge in [-0.25, -0.2) is 0 Å². The van der Waals surface area contributed by atoms with Gasteiger partial charge >= 0.3 is 0 Å². The second-order valence-corrected chi connectivity index (χ2v) is 7.23. The number of anilines is 1. The van der Waals surface area contributed by atoms with Crippen molar-refractivity contribution in [1.82, 2.24) is 5.32 Å². The molecule has 1 aliphatic rings. The molecule has 2 nitrogen and oxygen atoms in total. The van der Waals surface area contributed by atoms with Crippen LogP contribution in [0, 0.1) is 5.92 Å². The summed E-state index contributed by atoms with van der Waals surface area (Å²) in [6, 6.07) is 5.29. The van der Waals surface area contributed by atoms with Crippen LogP contribution in [0.25, 0.3) is 0 Å². The van der Waals surface area contributed by atoms with Crippen LogP contribution >= 0.6 is 12.2 Å². The summed E-state index contributed by atoms with van der Waals surface area (Å²) in [6.07, 6.45) is 7.03. The Kier molecular flexibility index (Phi) is 6.25. The van der Waals surface area contributed by atoms with Gasteiger partial charge in [0.15, 0.2) is 5.11 Å². The van der Waals surface area contributed by atoms with E-state index in [1.54, 1.807) is 0 Å². The molecule has 0 radical (unpaired) electrons. The quantitative estimate of drug-likeness (QED) is 0.733. The molecule has 1 fully saturated rings. The van der Waals surface area contributed by atoms with Crippen LogP contribution < -0.4 is 10.6 Å². The van der Waals surface area contributed by atoms with Gasteiger partial charge in [0.25, 0.3) is 0 Å². The molecule has 1 aromatic carbocycles. The molecule has 0 unspecified atom stereocenters. The maximum absolute atomic E-state index is 5.51. The van der Waals surface area contributed by atoms with E-state index >= 15 is 0 Å². The number of rotatable bonds is 6. The first kappa shape index (κ1) is 17.3. The van der Waals surface area contributed by atoms with Crippen LogP contribution in [0.5, 0.6) is 0 Å². The molecule has 0 amide bonds. The van der Waals surface area contributed by atoms with E-state index in [9.17, 15) is 0 Å². The average molecular weight is 319 g/mol. The number of thiocarbonyl (C=S) groups is 1. The molecule has 1 saturated carbocycles. The number of benzene rings is 1. The summed E-state index contributed by atoms with van der Waals surface area (Å²) < 4.78 is 0. The van der Waals surface area contributed by atoms with E-state index < -0.39 is 0 Å². The molecule has 0 aromatic heterocycles. The van der Waals surface area contributed by atoms with Gasteiger partial charge < -0.3 is 10.6 Å². The van der Waals surface area contributed by atoms with Crippen LogP contribution in [-0.4, -0.2) is 11.2 Å². The number of hydrogen-bond acceptors (Lipinski definition) is 1. The summed E-state index contributed by atoms with van der Waals surface area (Å²) in [5, 5.41) is 7.70. The zero-order chi connectivity index (χ0) is 16.1. The molecule has 0 atom stereocenters. The third kappa shape index (κ3) is 4.45. The SMILES string of the molecule is CCc1cc(CC(C)C)cc(CC)c1NC(=S)NC1CCC1. The standard InChI is InChI=1S/C19H30N2S/c1-5-15-11-14(10-13(3)4)12-16(6-2)18(15)21-19(22)20-17-8-7-9-17/h11-13,17H,5-10H2,1-4H3,(H2,20,21,22). The van der Waals surface area contributed by atoms with Crippen molar-refractivity contribution in [3.05, 3.63) is 28.8 Å². The van der Waals surface area contributed by atoms with Gasteiger partial charge in [-0.2, -0.15) is 0 Å². The molecular weight excluding hydrogens is 288 g/mol. The van der Waals surface area contributed by atoms with Crippen molar-refractivity contribution in [3.8, 4) is 0 Å². The molecule has 0 aliphatic heterocycles. The summed E-state index contributed by atoms with van der Waals surface area (Å²) in [7, 11) is 0. The summed E-state index contributed by atoms with van der Waals surface area (Å²) in [4.78, 5) is 0. The Bertz CT molecular complexity index is 493. The van der Waals surface area contributed by atoms with Crippen molar-refractivity contribution < 1.29 is 0 Å². The molecule has 1 aromatic rings. The van der Waals surface area contributed by atoms with E-state index in [1.807, 2.05) is 0 Å². The van der Waals surface area contributed by atoms with Gasteiger partial charge in [-0.3, -0.25) is 0 Å². The van der Waals surface area contributed by atoms with E-state index in [2.05, 4.69) is 50.5 Å². The lowest BCUT2D eigenvalue weighted by molar-refractivity contribution is 0.385. The third-order valence-corrected chi connectivity index (χ3v) is 4.67. The van der Waals surface area contributed by atoms with Crippen LogP contribution in [0.3, 0.4) is 0 Å². The van der Waals surface area contributed by atoms with Crippen molar-refractivity contribution in [2.75, 3.05) is 5.32 Å². The summed E-state index contributed by atoms with van der Waals surface area (Å²) in [6.45, 7) is 9.01. The first-order valence-electron chi connectivity index (χ1n) is 8.75. The molecule has 2 rings (SSSR count). The summed E-state index contributed by atoms with van der Waals surface area (Å²) in [5.74, 6) is 0.689. The van der Waals surface area contributed by atoms with Crippen LogP contribution in [0.1, 0.15) is 63.6 Å². The van der Waals surface area contributed by atoms with E-state index in [0.29, 0.717) is 12.0 Å². The lowest BCUT2D eigenvalue weighted by Crippen LogP contribution is -2.42. The van der Waals surface area contributed by atoms with Gasteiger partial charge in [-0.05, 0) is 73.4 Å². The minimum absolute atomic E-state index is 0.579. The van der Waals surface area contributed by atoms with E-state index in [4.69, 9.17) is 12.2 Å². The maximum Gasteiger partial charge on any atom is 0.171 e. The van der Waals surface area contributed by atoms with Gasteiger partial charge in [-0.1, -0.05) is 39.8 Å². The topological polar surface area (TPSA) is 24.1 Å². The summed E-state index contributed by atoms with van der Waals surface area (Å²) in [5.41, 5.74) is 5.45. The average Bonchev–Trinajstić information content (AvgIpc) is 2.43. The Balaban J connectivity index is 2.18. The minimum Gasteiger partial charge on any atom is -0.360 e. The molecule has 0 bridgehead atoms. The highest BCUT2D eigenvalue weighted by atomic mass is 32.1. The van der Waals surface area contributed by atoms with E-state index in [0.717, 1.165) is 24.4 Å². The predicted octanol–water partition coefficient (Wildman–Crippen LogP) is 4.85. The first-order chi connectivity index (χ1) is 10.5. The van der Waals surface area contributed by atoms with Crippen LogP contribution in [0.2, 0.25) is 0 Å².